The lowest BCUT2D eigenvalue weighted by molar-refractivity contribution is 0.511. The van der Waals surface area contributed by atoms with Crippen LogP contribution in [0.2, 0.25) is 0 Å². The van der Waals surface area contributed by atoms with Gasteiger partial charge in [0.05, 0.1) is 0 Å². The van der Waals surface area contributed by atoms with Crippen LogP contribution < -0.4 is 5.73 Å². The molecule has 0 bridgehead atoms. The van der Waals surface area contributed by atoms with Crippen LogP contribution in [0.3, 0.4) is 0 Å². The third-order valence-corrected chi connectivity index (χ3v) is 1.78. The summed E-state index contributed by atoms with van der Waals surface area (Å²) in [6.07, 6.45) is 1.41. The summed E-state index contributed by atoms with van der Waals surface area (Å²) in [5, 5.41) is 1.08. The van der Waals surface area contributed by atoms with E-state index >= 15 is 0 Å². The first-order valence-electron chi connectivity index (χ1n) is 3.67. The van der Waals surface area contributed by atoms with Gasteiger partial charge in [0.2, 0.25) is 0 Å². The van der Waals surface area contributed by atoms with Crippen LogP contribution >= 0.6 is 0 Å². The molecule has 13 heavy (non-hydrogen) atoms. The zero-order valence-electron chi connectivity index (χ0n) is 6.59. The number of hydrogen-bond acceptors (Lipinski definition) is 2. The standard InChI is InChI=1S/C9H6F2N2/c10-7-1-5-3-9(12)13-4-6(5)2-8(7)11/h1-4H,(H2,12,13). The van der Waals surface area contributed by atoms with Crippen molar-refractivity contribution in [3.8, 4) is 0 Å². The molecule has 0 aliphatic heterocycles. The largest absolute Gasteiger partial charge is 0.384 e. The van der Waals surface area contributed by atoms with Gasteiger partial charge in [0.15, 0.2) is 11.6 Å². The van der Waals surface area contributed by atoms with Gasteiger partial charge in [-0.15, -0.1) is 0 Å². The van der Waals surface area contributed by atoms with Crippen molar-refractivity contribution in [3.63, 3.8) is 0 Å². The van der Waals surface area contributed by atoms with E-state index in [-0.39, 0.29) is 0 Å². The first kappa shape index (κ1) is 7.91. The molecule has 0 saturated carbocycles. The zero-order valence-corrected chi connectivity index (χ0v) is 6.59. The number of aromatic nitrogens is 1. The van der Waals surface area contributed by atoms with Gasteiger partial charge in [-0.2, -0.15) is 0 Å². The van der Waals surface area contributed by atoms with Gasteiger partial charge in [-0.3, -0.25) is 0 Å². The molecule has 0 amide bonds. The fourth-order valence-electron chi connectivity index (χ4n) is 1.16. The Bertz CT molecular complexity index is 468. The van der Waals surface area contributed by atoms with Gasteiger partial charge in [0, 0.05) is 11.6 Å². The van der Waals surface area contributed by atoms with Gasteiger partial charge in [0.1, 0.15) is 5.82 Å². The minimum absolute atomic E-state index is 0.290. The quantitative estimate of drug-likeness (QED) is 0.674. The fraction of sp³-hybridized carbons (Fsp3) is 0. The average molecular weight is 180 g/mol. The summed E-state index contributed by atoms with van der Waals surface area (Å²) in [4.78, 5) is 3.77. The molecule has 0 saturated heterocycles. The second kappa shape index (κ2) is 2.65. The molecule has 0 aliphatic rings. The molecular weight excluding hydrogens is 174 g/mol. The van der Waals surface area contributed by atoms with Crippen molar-refractivity contribution < 1.29 is 8.78 Å². The maximum Gasteiger partial charge on any atom is 0.159 e. The molecule has 0 spiro atoms. The molecule has 4 heteroatoms. The van der Waals surface area contributed by atoms with E-state index in [1.54, 1.807) is 0 Å². The molecule has 2 N–H and O–H groups in total. The molecule has 1 aromatic carbocycles. The van der Waals surface area contributed by atoms with Crippen molar-refractivity contribution in [2.45, 2.75) is 0 Å². The summed E-state index contributed by atoms with van der Waals surface area (Å²) in [6, 6.07) is 3.69. The summed E-state index contributed by atoms with van der Waals surface area (Å²) < 4.78 is 25.5. The highest BCUT2D eigenvalue weighted by atomic mass is 19.2. The van der Waals surface area contributed by atoms with E-state index in [2.05, 4.69) is 4.98 Å². The highest BCUT2D eigenvalue weighted by Crippen LogP contribution is 2.18. The van der Waals surface area contributed by atoms with Crippen LogP contribution in [0.25, 0.3) is 10.8 Å². The number of rotatable bonds is 0. The second-order valence-electron chi connectivity index (χ2n) is 2.72. The van der Waals surface area contributed by atoms with E-state index in [0.717, 1.165) is 12.1 Å². The number of nitrogens with two attached hydrogens (primary N) is 1. The van der Waals surface area contributed by atoms with Crippen molar-refractivity contribution in [2.24, 2.45) is 0 Å². The Morgan fingerprint density at radius 2 is 1.62 bits per heavy atom. The van der Waals surface area contributed by atoms with Crippen molar-refractivity contribution >= 4 is 16.6 Å². The normalized spacial score (nSPS) is 10.6. The number of halogens is 2. The molecule has 0 atom stereocenters. The van der Waals surface area contributed by atoms with Crippen LogP contribution in [0.1, 0.15) is 0 Å². The lowest BCUT2D eigenvalue weighted by Crippen LogP contribution is -1.90. The smallest absolute Gasteiger partial charge is 0.159 e. The SMILES string of the molecule is Nc1cc2cc(F)c(F)cc2cn1. The van der Waals surface area contributed by atoms with Crippen molar-refractivity contribution in [1.82, 2.24) is 4.98 Å². The van der Waals surface area contributed by atoms with E-state index in [9.17, 15) is 8.78 Å². The zero-order chi connectivity index (χ0) is 9.42. The topological polar surface area (TPSA) is 38.9 Å². The van der Waals surface area contributed by atoms with E-state index < -0.39 is 11.6 Å². The molecule has 2 rings (SSSR count). The molecular formula is C9H6F2N2. The fourth-order valence-corrected chi connectivity index (χ4v) is 1.16. The molecule has 2 aromatic rings. The molecule has 0 aliphatic carbocycles. The van der Waals surface area contributed by atoms with E-state index in [0.29, 0.717) is 16.6 Å². The molecule has 0 radical (unpaired) electrons. The Balaban J connectivity index is 2.81. The number of pyridine rings is 1. The number of benzene rings is 1. The van der Waals surface area contributed by atoms with Crippen LogP contribution in [0, 0.1) is 11.6 Å². The second-order valence-corrected chi connectivity index (χ2v) is 2.72. The number of nitrogen functional groups attached to an aromatic ring is 1. The summed E-state index contributed by atoms with van der Waals surface area (Å²) in [5.41, 5.74) is 5.38. The summed E-state index contributed by atoms with van der Waals surface area (Å²) in [6.45, 7) is 0. The van der Waals surface area contributed by atoms with E-state index in [1.165, 1.54) is 12.3 Å². The number of hydrogen-bond donors (Lipinski definition) is 1. The first-order valence-corrected chi connectivity index (χ1v) is 3.67. The Labute approximate surface area is 73.0 Å². The molecule has 2 nitrogen and oxygen atoms in total. The number of nitrogens with zero attached hydrogens (tertiary/aromatic N) is 1. The van der Waals surface area contributed by atoms with Gasteiger partial charge < -0.3 is 5.73 Å². The van der Waals surface area contributed by atoms with Crippen molar-refractivity contribution in [2.75, 3.05) is 5.73 Å². The van der Waals surface area contributed by atoms with Crippen molar-refractivity contribution in [3.05, 3.63) is 36.0 Å². The lowest BCUT2D eigenvalue weighted by Gasteiger charge is -1.99. The van der Waals surface area contributed by atoms with Gasteiger partial charge in [-0.05, 0) is 23.6 Å². The molecule has 66 valence electrons. The molecule has 1 heterocycles. The van der Waals surface area contributed by atoms with Crippen LogP contribution in [0.15, 0.2) is 24.4 Å². The highest BCUT2D eigenvalue weighted by Gasteiger charge is 2.03. The highest BCUT2D eigenvalue weighted by molar-refractivity contribution is 5.83. The Morgan fingerprint density at radius 1 is 1.00 bits per heavy atom. The number of fused-ring (bicyclic) bond motifs is 1. The monoisotopic (exact) mass is 180 g/mol. The van der Waals surface area contributed by atoms with Crippen molar-refractivity contribution in [1.29, 1.82) is 0 Å². The average Bonchev–Trinajstić information content (AvgIpc) is 2.08. The van der Waals surface area contributed by atoms with Crippen LogP contribution in [0.4, 0.5) is 14.6 Å². The van der Waals surface area contributed by atoms with Gasteiger partial charge in [-0.25, -0.2) is 13.8 Å². The predicted octanol–water partition coefficient (Wildman–Crippen LogP) is 2.10. The van der Waals surface area contributed by atoms with E-state index in [1.807, 2.05) is 0 Å². The third-order valence-electron chi connectivity index (χ3n) is 1.78. The summed E-state index contributed by atoms with van der Waals surface area (Å²) >= 11 is 0. The maximum absolute atomic E-state index is 12.7. The lowest BCUT2D eigenvalue weighted by atomic mass is 10.1. The van der Waals surface area contributed by atoms with E-state index in [4.69, 9.17) is 5.73 Å². The predicted molar refractivity (Wildman–Crippen MR) is 46.1 cm³/mol. The van der Waals surface area contributed by atoms with Crippen LogP contribution in [-0.2, 0) is 0 Å². The molecule has 0 unspecified atom stereocenters. The van der Waals surface area contributed by atoms with Crippen LogP contribution in [0.5, 0.6) is 0 Å². The van der Waals surface area contributed by atoms with Gasteiger partial charge in [0.25, 0.3) is 0 Å². The third kappa shape index (κ3) is 1.30. The molecule has 1 aromatic heterocycles. The van der Waals surface area contributed by atoms with Crippen LogP contribution in [-0.4, -0.2) is 4.98 Å². The minimum atomic E-state index is -0.877. The molecule has 0 fully saturated rings. The van der Waals surface area contributed by atoms with Gasteiger partial charge in [-0.1, -0.05) is 0 Å². The maximum atomic E-state index is 12.7. The first-order chi connectivity index (χ1) is 6.16. The Hall–Kier alpha value is -1.71. The number of anilines is 1. The Kier molecular flexibility index (Phi) is 1.62. The summed E-state index contributed by atoms with van der Waals surface area (Å²) in [5.74, 6) is -1.46. The summed E-state index contributed by atoms with van der Waals surface area (Å²) in [7, 11) is 0. The minimum Gasteiger partial charge on any atom is -0.384 e. The van der Waals surface area contributed by atoms with Gasteiger partial charge >= 0.3 is 0 Å². The Morgan fingerprint density at radius 3 is 2.31 bits per heavy atom.